The van der Waals surface area contributed by atoms with E-state index in [0.717, 1.165) is 55.5 Å². The number of hydrogen-bond acceptors (Lipinski definition) is 5. The number of likely N-dealkylation sites (tertiary alicyclic amines) is 1. The van der Waals surface area contributed by atoms with E-state index in [0.29, 0.717) is 23.5 Å². The molecule has 2 aromatic rings. The van der Waals surface area contributed by atoms with Crippen molar-refractivity contribution in [3.8, 4) is 0 Å². The van der Waals surface area contributed by atoms with Crippen molar-refractivity contribution in [2.45, 2.75) is 129 Å². The molecule has 48 heavy (non-hydrogen) atoms. The lowest BCUT2D eigenvalue weighted by Gasteiger charge is -2.36. The number of rotatable bonds is 26. The smallest absolute Gasteiger partial charge is 0.397 e. The number of nitrogens with zero attached hydrogens (tertiary/aromatic N) is 1. The summed E-state index contributed by atoms with van der Waals surface area (Å²) >= 11 is 0. The molecular formula is C40H65NO6P+. The molecule has 0 aromatic heterocycles. The second-order valence-corrected chi connectivity index (χ2v) is 15.3. The van der Waals surface area contributed by atoms with Crippen LogP contribution in [-0.4, -0.2) is 55.9 Å². The standard InChI is InChI=1S/C40H64NO6P/c1-4-5-6-7-8-9-10-11-12-13-14-15-16-25-32-44-34-38(45-33-36-26-19-17-20-27-36)35-46-48(42,43)47-40(37-28-21-18-22-29-37)39-30-23-24-31-41(39,2)3/h17-22,26-29,38H,4-16,23-25,30-35H2,1-3H3/p+1. The molecular weight excluding hydrogens is 621 g/mol. The van der Waals surface area contributed by atoms with Crippen LogP contribution in [0.1, 0.15) is 127 Å². The number of allylic oxidation sites excluding steroid dienone is 1. The monoisotopic (exact) mass is 686 g/mol. The fourth-order valence-electron chi connectivity index (χ4n) is 6.35. The molecule has 8 heteroatoms. The Labute approximate surface area is 292 Å². The SMILES string of the molecule is CCCCCCCCCCCCCCCCOCC(COP(=O)(O)OC(=C1CCCC[N+]1(C)C)c1ccccc1)OCc1ccccc1. The summed E-state index contributed by atoms with van der Waals surface area (Å²) in [5.74, 6) is 0.432. The summed E-state index contributed by atoms with van der Waals surface area (Å²) in [6, 6.07) is 19.5. The van der Waals surface area contributed by atoms with Gasteiger partial charge in [-0.2, -0.15) is 0 Å². The molecule has 0 saturated carbocycles. The third-order valence-corrected chi connectivity index (χ3v) is 10.2. The fourth-order valence-corrected chi connectivity index (χ4v) is 7.20. The number of ether oxygens (including phenoxy) is 2. The average molecular weight is 687 g/mol. The van der Waals surface area contributed by atoms with Crippen LogP contribution in [0.25, 0.3) is 5.76 Å². The van der Waals surface area contributed by atoms with Crippen LogP contribution in [0.4, 0.5) is 0 Å². The highest BCUT2D eigenvalue weighted by atomic mass is 31.2. The zero-order valence-corrected chi connectivity index (χ0v) is 31.2. The number of phosphoric ester groups is 1. The lowest BCUT2D eigenvalue weighted by Crippen LogP contribution is -2.42. The summed E-state index contributed by atoms with van der Waals surface area (Å²) in [7, 11) is -0.230. The van der Waals surface area contributed by atoms with Gasteiger partial charge in [-0.1, -0.05) is 151 Å². The second-order valence-electron chi connectivity index (χ2n) is 14.0. The number of phosphoric acid groups is 1. The van der Waals surface area contributed by atoms with E-state index in [4.69, 9.17) is 18.5 Å². The molecule has 2 aromatic carbocycles. The highest BCUT2D eigenvalue weighted by Crippen LogP contribution is 2.50. The van der Waals surface area contributed by atoms with Crippen LogP contribution in [0.2, 0.25) is 0 Å². The molecule has 270 valence electrons. The van der Waals surface area contributed by atoms with E-state index in [2.05, 4.69) is 21.0 Å². The van der Waals surface area contributed by atoms with Gasteiger partial charge in [0, 0.05) is 18.6 Å². The predicted molar refractivity (Wildman–Crippen MR) is 197 cm³/mol. The number of unbranched alkanes of at least 4 members (excludes halogenated alkanes) is 13. The molecule has 0 aliphatic carbocycles. The molecule has 0 spiro atoms. The Morgan fingerprint density at radius 3 is 1.92 bits per heavy atom. The van der Waals surface area contributed by atoms with Gasteiger partial charge in [-0.25, -0.2) is 4.57 Å². The number of piperidine rings is 1. The topological polar surface area (TPSA) is 74.2 Å². The van der Waals surface area contributed by atoms with E-state index in [9.17, 15) is 9.46 Å². The van der Waals surface area contributed by atoms with Gasteiger partial charge in [0.1, 0.15) is 6.10 Å². The van der Waals surface area contributed by atoms with Gasteiger partial charge in [0.15, 0.2) is 11.5 Å². The van der Waals surface area contributed by atoms with E-state index < -0.39 is 13.9 Å². The Morgan fingerprint density at radius 2 is 1.33 bits per heavy atom. The van der Waals surface area contributed by atoms with Crippen LogP contribution in [0.3, 0.4) is 0 Å². The molecule has 3 rings (SSSR count). The van der Waals surface area contributed by atoms with Crippen LogP contribution >= 0.6 is 7.82 Å². The van der Waals surface area contributed by atoms with Crippen LogP contribution in [0, 0.1) is 0 Å². The largest absolute Gasteiger partial charge is 0.527 e. The van der Waals surface area contributed by atoms with Crippen molar-refractivity contribution in [3.05, 3.63) is 77.5 Å². The van der Waals surface area contributed by atoms with Gasteiger partial charge in [-0.3, -0.25) is 13.9 Å². The predicted octanol–water partition coefficient (Wildman–Crippen LogP) is 10.8. The molecule has 7 nitrogen and oxygen atoms in total. The number of quaternary nitrogens is 1. The van der Waals surface area contributed by atoms with E-state index in [1.807, 2.05) is 60.7 Å². The molecule has 2 atom stereocenters. The summed E-state index contributed by atoms with van der Waals surface area (Å²) in [6.07, 6.45) is 20.8. The van der Waals surface area contributed by atoms with E-state index in [1.54, 1.807) is 0 Å². The van der Waals surface area contributed by atoms with Crippen LogP contribution in [0.5, 0.6) is 0 Å². The lowest BCUT2D eigenvalue weighted by atomic mass is 10.0. The van der Waals surface area contributed by atoms with Crippen molar-refractivity contribution in [3.63, 3.8) is 0 Å². The van der Waals surface area contributed by atoms with Gasteiger partial charge in [-0.05, 0) is 24.8 Å². The quantitative estimate of drug-likeness (QED) is 0.0459. The Morgan fingerprint density at radius 1 is 0.771 bits per heavy atom. The maximum atomic E-state index is 13.4. The van der Waals surface area contributed by atoms with Crippen molar-refractivity contribution >= 4 is 13.6 Å². The van der Waals surface area contributed by atoms with Crippen LogP contribution in [-0.2, 0) is 29.7 Å². The Kier molecular flexibility index (Phi) is 19.7. The fraction of sp³-hybridized carbons (Fsp3) is 0.650. The maximum Gasteiger partial charge on any atom is 0.527 e. The summed E-state index contributed by atoms with van der Waals surface area (Å²) < 4.78 is 37.7. The average Bonchev–Trinajstić information content (AvgIpc) is 3.08. The first kappa shape index (κ1) is 40.4. The zero-order chi connectivity index (χ0) is 34.3. The molecule has 0 bridgehead atoms. The van der Waals surface area contributed by atoms with Crippen molar-refractivity contribution in [2.24, 2.45) is 0 Å². The summed E-state index contributed by atoms with van der Waals surface area (Å²) in [5, 5.41) is 0. The van der Waals surface area contributed by atoms with Gasteiger partial charge in [0.25, 0.3) is 0 Å². The molecule has 2 unspecified atom stereocenters. The number of hydrogen-bond donors (Lipinski definition) is 1. The molecule has 0 amide bonds. The van der Waals surface area contributed by atoms with Crippen molar-refractivity contribution in [2.75, 3.05) is 40.5 Å². The zero-order valence-electron chi connectivity index (χ0n) is 30.3. The first-order valence-corrected chi connectivity index (χ1v) is 20.3. The molecule has 1 aliphatic rings. The molecule has 0 radical (unpaired) electrons. The molecule has 1 heterocycles. The lowest BCUT2D eigenvalue weighted by molar-refractivity contribution is -0.857. The first-order chi connectivity index (χ1) is 23.3. The normalized spacial score (nSPS) is 17.5. The van der Waals surface area contributed by atoms with Crippen molar-refractivity contribution in [1.29, 1.82) is 0 Å². The van der Waals surface area contributed by atoms with Gasteiger partial charge >= 0.3 is 7.82 Å². The number of benzene rings is 2. The third kappa shape index (κ3) is 16.6. The highest BCUT2D eigenvalue weighted by molar-refractivity contribution is 7.47. The molecule has 1 saturated heterocycles. The van der Waals surface area contributed by atoms with Crippen molar-refractivity contribution < 1.29 is 32.5 Å². The Balaban J connectivity index is 1.43. The molecule has 1 N–H and O–H groups in total. The molecule has 1 aliphatic heterocycles. The summed E-state index contributed by atoms with van der Waals surface area (Å²) in [4.78, 5) is 11.0. The van der Waals surface area contributed by atoms with Gasteiger partial charge in [0.05, 0.1) is 40.5 Å². The minimum Gasteiger partial charge on any atom is -0.397 e. The first-order valence-electron chi connectivity index (χ1n) is 18.8. The van der Waals surface area contributed by atoms with E-state index >= 15 is 0 Å². The van der Waals surface area contributed by atoms with Gasteiger partial charge < -0.3 is 14.0 Å². The maximum absolute atomic E-state index is 13.4. The minimum absolute atomic E-state index is 0.116. The van der Waals surface area contributed by atoms with Crippen molar-refractivity contribution in [1.82, 2.24) is 0 Å². The Bertz CT molecular complexity index is 1190. The second kappa shape index (κ2) is 23.4. The van der Waals surface area contributed by atoms with E-state index in [-0.39, 0.29) is 13.2 Å². The summed E-state index contributed by atoms with van der Waals surface area (Å²) in [6.45, 7) is 4.37. The third-order valence-electron chi connectivity index (χ3n) is 9.31. The van der Waals surface area contributed by atoms with Gasteiger partial charge in [0.2, 0.25) is 0 Å². The minimum atomic E-state index is -4.47. The highest BCUT2D eigenvalue weighted by Gasteiger charge is 2.35. The molecule has 1 fully saturated rings. The summed E-state index contributed by atoms with van der Waals surface area (Å²) in [5.41, 5.74) is 2.79. The van der Waals surface area contributed by atoms with Crippen LogP contribution < -0.4 is 0 Å². The van der Waals surface area contributed by atoms with E-state index in [1.165, 1.54) is 77.0 Å². The Hall–Kier alpha value is -1.99. The van der Waals surface area contributed by atoms with Crippen LogP contribution in [0.15, 0.2) is 66.4 Å². The van der Waals surface area contributed by atoms with Gasteiger partial charge in [-0.15, -0.1) is 0 Å².